The van der Waals surface area contributed by atoms with E-state index in [4.69, 9.17) is 5.11 Å². The fraction of sp³-hybridized carbons (Fsp3) is 0.556. The van der Waals surface area contributed by atoms with Gasteiger partial charge in [-0.1, -0.05) is 19.3 Å². The molecule has 0 bridgehead atoms. The van der Waals surface area contributed by atoms with E-state index in [1.165, 1.54) is 33.5 Å². The molecule has 0 atom stereocenters. The van der Waals surface area contributed by atoms with Crippen LogP contribution in [0.5, 0.6) is 0 Å². The minimum Gasteiger partial charge on any atom is -0.480 e. The summed E-state index contributed by atoms with van der Waals surface area (Å²) in [6.07, 6.45) is 4.95. The fourth-order valence-corrected chi connectivity index (χ4v) is 4.67. The zero-order valence-electron chi connectivity index (χ0n) is 15.2. The summed E-state index contributed by atoms with van der Waals surface area (Å²) < 4.78 is 27.0. The number of benzene rings is 1. The van der Waals surface area contributed by atoms with E-state index in [1.807, 2.05) is 0 Å². The number of carbonyl (C=O) groups is 2. The molecule has 1 amide bonds. The van der Waals surface area contributed by atoms with Gasteiger partial charge in [-0.05, 0) is 44.0 Å². The maximum Gasteiger partial charge on any atom is 0.323 e. The molecule has 0 unspecified atom stereocenters. The molecule has 0 heterocycles. The van der Waals surface area contributed by atoms with Gasteiger partial charge in [0.1, 0.15) is 6.54 Å². The number of rotatable bonds is 7. The Bertz CT molecular complexity index is 739. The second-order valence-corrected chi connectivity index (χ2v) is 8.55. The van der Waals surface area contributed by atoms with Gasteiger partial charge in [0.05, 0.1) is 4.90 Å². The number of hydrogen-bond acceptors (Lipinski definition) is 4. The summed E-state index contributed by atoms with van der Waals surface area (Å²) in [5, 5.41) is 8.87. The van der Waals surface area contributed by atoms with Crippen LogP contribution in [0.4, 0.5) is 0 Å². The Morgan fingerprint density at radius 1 is 1.12 bits per heavy atom. The molecule has 7 nitrogen and oxygen atoms in total. The van der Waals surface area contributed by atoms with Gasteiger partial charge in [0, 0.05) is 25.2 Å². The van der Waals surface area contributed by atoms with Crippen molar-refractivity contribution in [2.24, 2.45) is 0 Å². The molecule has 0 radical (unpaired) electrons. The van der Waals surface area contributed by atoms with Gasteiger partial charge in [-0.2, -0.15) is 4.31 Å². The van der Waals surface area contributed by atoms with E-state index in [1.54, 1.807) is 14.0 Å². The first-order chi connectivity index (χ1) is 12.3. The monoisotopic (exact) mass is 382 g/mol. The maximum absolute atomic E-state index is 12.8. The second kappa shape index (κ2) is 8.64. The smallest absolute Gasteiger partial charge is 0.323 e. The predicted octanol–water partition coefficient (Wildman–Crippen LogP) is 2.19. The Hall–Kier alpha value is -1.93. The summed E-state index contributed by atoms with van der Waals surface area (Å²) in [7, 11) is -2.00. The van der Waals surface area contributed by atoms with E-state index in [9.17, 15) is 18.0 Å². The summed E-state index contributed by atoms with van der Waals surface area (Å²) in [5.74, 6) is -1.52. The average Bonchev–Trinajstić information content (AvgIpc) is 2.65. The lowest BCUT2D eigenvalue weighted by Gasteiger charge is -2.30. The molecule has 144 valence electrons. The molecule has 0 spiro atoms. The standard InChI is InChI=1S/C18H26N2O5S/c1-3-20(13-17(21)22)18(23)14-9-11-16(12-10-14)26(24,25)19(2)15-7-5-4-6-8-15/h9-12,15H,3-8,13H2,1-2H3,(H,21,22). The number of amides is 1. The van der Waals surface area contributed by atoms with E-state index in [0.717, 1.165) is 32.1 Å². The average molecular weight is 382 g/mol. The molecule has 2 rings (SSSR count). The van der Waals surface area contributed by atoms with Crippen LogP contribution in [0, 0.1) is 0 Å². The molecule has 0 saturated heterocycles. The van der Waals surface area contributed by atoms with Gasteiger partial charge >= 0.3 is 5.97 Å². The van der Waals surface area contributed by atoms with E-state index in [2.05, 4.69) is 0 Å². The van der Waals surface area contributed by atoms with Crippen LogP contribution >= 0.6 is 0 Å². The van der Waals surface area contributed by atoms with Crippen LogP contribution in [0.25, 0.3) is 0 Å². The third-order valence-electron chi connectivity index (χ3n) is 4.86. The highest BCUT2D eigenvalue weighted by atomic mass is 32.2. The summed E-state index contributed by atoms with van der Waals surface area (Å²) in [6, 6.07) is 5.72. The van der Waals surface area contributed by atoms with Crippen molar-refractivity contribution in [3.63, 3.8) is 0 Å². The molecular formula is C18H26N2O5S. The number of hydrogen-bond donors (Lipinski definition) is 1. The Labute approximate surface area is 154 Å². The van der Waals surface area contributed by atoms with Gasteiger partial charge in [-0.15, -0.1) is 0 Å². The Balaban J connectivity index is 2.17. The molecule has 1 N–H and O–H groups in total. The molecule has 0 aromatic heterocycles. The molecular weight excluding hydrogens is 356 g/mol. The van der Waals surface area contributed by atoms with Crippen molar-refractivity contribution in [2.45, 2.75) is 50.0 Å². The van der Waals surface area contributed by atoms with Gasteiger partial charge in [-0.25, -0.2) is 8.42 Å². The molecule has 1 aromatic carbocycles. The molecule has 1 aromatic rings. The van der Waals surface area contributed by atoms with Gasteiger partial charge in [0.2, 0.25) is 10.0 Å². The zero-order chi connectivity index (χ0) is 19.3. The summed E-state index contributed by atoms with van der Waals surface area (Å²) in [5.41, 5.74) is 0.271. The normalized spacial score (nSPS) is 15.8. The van der Waals surface area contributed by atoms with Crippen LogP contribution in [0.1, 0.15) is 49.4 Å². The van der Waals surface area contributed by atoms with Gasteiger partial charge < -0.3 is 10.0 Å². The molecule has 26 heavy (non-hydrogen) atoms. The van der Waals surface area contributed by atoms with Crippen molar-refractivity contribution < 1.29 is 23.1 Å². The summed E-state index contributed by atoms with van der Waals surface area (Å²) in [4.78, 5) is 24.5. The molecule has 1 saturated carbocycles. The number of carboxylic acid groups (broad SMARTS) is 1. The quantitative estimate of drug-likeness (QED) is 0.780. The number of nitrogens with zero attached hydrogens (tertiary/aromatic N) is 2. The molecule has 0 aliphatic heterocycles. The number of carbonyl (C=O) groups excluding carboxylic acids is 1. The van der Waals surface area contributed by atoms with E-state index in [-0.39, 0.29) is 29.6 Å². The molecule has 1 aliphatic carbocycles. The first-order valence-electron chi connectivity index (χ1n) is 8.86. The predicted molar refractivity (Wildman–Crippen MR) is 97.5 cm³/mol. The second-order valence-electron chi connectivity index (χ2n) is 6.55. The van der Waals surface area contributed by atoms with Crippen molar-refractivity contribution in [1.82, 2.24) is 9.21 Å². The van der Waals surface area contributed by atoms with Gasteiger partial charge in [-0.3, -0.25) is 9.59 Å². The lowest BCUT2D eigenvalue weighted by molar-refractivity contribution is -0.137. The third-order valence-corrected chi connectivity index (χ3v) is 6.79. The van der Waals surface area contributed by atoms with Crippen LogP contribution < -0.4 is 0 Å². The van der Waals surface area contributed by atoms with Crippen LogP contribution in [0.3, 0.4) is 0 Å². The van der Waals surface area contributed by atoms with Crippen LogP contribution in [-0.4, -0.2) is 60.8 Å². The molecule has 1 aliphatic rings. The Morgan fingerprint density at radius 2 is 1.69 bits per heavy atom. The SMILES string of the molecule is CCN(CC(=O)O)C(=O)c1ccc(S(=O)(=O)N(C)C2CCCCC2)cc1. The molecule has 1 fully saturated rings. The van der Waals surface area contributed by atoms with Crippen molar-refractivity contribution in [1.29, 1.82) is 0 Å². The van der Waals surface area contributed by atoms with Crippen molar-refractivity contribution in [2.75, 3.05) is 20.1 Å². The Morgan fingerprint density at radius 3 is 2.19 bits per heavy atom. The van der Waals surface area contributed by atoms with Crippen molar-refractivity contribution in [3.05, 3.63) is 29.8 Å². The topological polar surface area (TPSA) is 95.0 Å². The Kier molecular flexibility index (Phi) is 6.77. The van der Waals surface area contributed by atoms with Crippen molar-refractivity contribution >= 4 is 21.9 Å². The largest absolute Gasteiger partial charge is 0.480 e. The number of likely N-dealkylation sites (N-methyl/N-ethyl adjacent to an activating group) is 1. The van der Waals surface area contributed by atoms with Gasteiger partial charge in [0.15, 0.2) is 0 Å². The van der Waals surface area contributed by atoms with E-state index in [0.29, 0.717) is 0 Å². The lowest BCUT2D eigenvalue weighted by Crippen LogP contribution is -2.38. The number of sulfonamides is 1. The first kappa shape index (κ1) is 20.4. The van der Waals surface area contributed by atoms with Crippen molar-refractivity contribution in [3.8, 4) is 0 Å². The molecule has 8 heteroatoms. The maximum atomic E-state index is 12.8. The van der Waals surface area contributed by atoms with Gasteiger partial charge in [0.25, 0.3) is 5.91 Å². The third kappa shape index (κ3) is 4.62. The zero-order valence-corrected chi connectivity index (χ0v) is 16.0. The number of carboxylic acids is 1. The highest BCUT2D eigenvalue weighted by Crippen LogP contribution is 2.26. The highest BCUT2D eigenvalue weighted by molar-refractivity contribution is 7.89. The van der Waals surface area contributed by atoms with E-state index < -0.39 is 21.9 Å². The summed E-state index contributed by atoms with van der Waals surface area (Å²) in [6.45, 7) is 1.56. The highest BCUT2D eigenvalue weighted by Gasteiger charge is 2.29. The fourth-order valence-electron chi connectivity index (χ4n) is 3.25. The van der Waals surface area contributed by atoms with Crippen LogP contribution in [0.2, 0.25) is 0 Å². The van der Waals surface area contributed by atoms with Crippen LogP contribution in [-0.2, 0) is 14.8 Å². The first-order valence-corrected chi connectivity index (χ1v) is 10.3. The lowest BCUT2D eigenvalue weighted by atomic mass is 9.96. The summed E-state index contributed by atoms with van der Waals surface area (Å²) >= 11 is 0. The minimum absolute atomic E-state index is 0.0150. The number of aliphatic carboxylic acids is 1. The van der Waals surface area contributed by atoms with E-state index >= 15 is 0 Å². The van der Waals surface area contributed by atoms with Crippen LogP contribution in [0.15, 0.2) is 29.2 Å². The minimum atomic E-state index is -3.61.